The van der Waals surface area contributed by atoms with Crippen molar-refractivity contribution in [1.29, 1.82) is 10.8 Å². The summed E-state index contributed by atoms with van der Waals surface area (Å²) < 4.78 is 45.6. The fourth-order valence-electron chi connectivity index (χ4n) is 3.32. The van der Waals surface area contributed by atoms with Crippen LogP contribution in [0, 0.1) is 10.8 Å². The van der Waals surface area contributed by atoms with Gasteiger partial charge in [0.05, 0.1) is 19.1 Å². The second-order valence-electron chi connectivity index (χ2n) is 7.18. The number of rotatable bonds is 6. The van der Waals surface area contributed by atoms with Crippen LogP contribution in [-0.4, -0.2) is 45.3 Å². The zero-order valence-corrected chi connectivity index (χ0v) is 17.7. The minimum absolute atomic E-state index is 0.0544. The van der Waals surface area contributed by atoms with E-state index in [0.29, 0.717) is 22.4 Å². The first kappa shape index (κ1) is 22.7. The second kappa shape index (κ2) is 8.81. The van der Waals surface area contributed by atoms with E-state index in [1.807, 2.05) is 0 Å². The molecule has 1 aromatic carbocycles. The molecule has 34 heavy (non-hydrogen) atoms. The highest BCUT2D eigenvalue weighted by Gasteiger charge is 2.27. The Morgan fingerprint density at radius 2 is 1.91 bits per heavy atom. The topological polar surface area (TPSA) is 122 Å². The largest absolute Gasteiger partial charge is 0.497 e. The highest BCUT2D eigenvalue weighted by Crippen LogP contribution is 2.24. The van der Waals surface area contributed by atoms with Gasteiger partial charge in [-0.15, -0.1) is 0 Å². The van der Waals surface area contributed by atoms with Crippen molar-refractivity contribution in [2.24, 2.45) is 0 Å². The van der Waals surface area contributed by atoms with Gasteiger partial charge < -0.3 is 10.1 Å². The lowest BCUT2D eigenvalue weighted by atomic mass is 10.1. The molecule has 4 aromatic rings. The number of aromatic nitrogens is 4. The lowest BCUT2D eigenvalue weighted by molar-refractivity contribution is -0.115. The predicted molar refractivity (Wildman–Crippen MR) is 120 cm³/mol. The molecule has 0 bridgehead atoms. The van der Waals surface area contributed by atoms with Crippen molar-refractivity contribution in [3.05, 3.63) is 70.7 Å². The Labute approximate surface area is 190 Å². The van der Waals surface area contributed by atoms with Gasteiger partial charge in [0, 0.05) is 28.9 Å². The van der Waals surface area contributed by atoms with E-state index in [-0.39, 0.29) is 22.6 Å². The molecule has 4 rings (SSSR count). The standard InChI is InChI=1S/C22H18F3N7O2/c1-34-16-5-3-15(4-6-16)32-19-14(9-28-21(30-19)29-11-22(23,24)25)8-17(20(32)33)13-2-7-18(27)31(10-13)12-26/h2-10,12,26-27H,11H2,1H3,(H,28,29,30). The number of halogens is 3. The number of ether oxygens (including phenoxy) is 1. The van der Waals surface area contributed by atoms with Crippen LogP contribution < -0.4 is 21.1 Å². The van der Waals surface area contributed by atoms with Gasteiger partial charge in [-0.1, -0.05) is 0 Å². The number of anilines is 1. The molecule has 12 heteroatoms. The van der Waals surface area contributed by atoms with E-state index < -0.39 is 18.3 Å². The maximum Gasteiger partial charge on any atom is 0.405 e. The smallest absolute Gasteiger partial charge is 0.405 e. The number of methoxy groups -OCH3 is 1. The molecule has 3 aromatic heterocycles. The van der Waals surface area contributed by atoms with Crippen molar-refractivity contribution in [3.8, 4) is 22.6 Å². The lowest BCUT2D eigenvalue weighted by Crippen LogP contribution is -2.24. The minimum Gasteiger partial charge on any atom is -0.497 e. The van der Waals surface area contributed by atoms with Crippen LogP contribution >= 0.6 is 0 Å². The van der Waals surface area contributed by atoms with Crippen LogP contribution in [-0.2, 0) is 0 Å². The van der Waals surface area contributed by atoms with Gasteiger partial charge in [0.15, 0.2) is 5.65 Å². The maximum absolute atomic E-state index is 13.6. The summed E-state index contributed by atoms with van der Waals surface area (Å²) in [6, 6.07) is 11.1. The molecule has 3 heterocycles. The van der Waals surface area contributed by atoms with Gasteiger partial charge in [0.25, 0.3) is 5.56 Å². The number of nitrogens with zero attached hydrogens (tertiary/aromatic N) is 4. The summed E-state index contributed by atoms with van der Waals surface area (Å²) in [5, 5.41) is 17.8. The van der Waals surface area contributed by atoms with E-state index >= 15 is 0 Å². The molecule has 0 atom stereocenters. The normalized spacial score (nSPS) is 11.4. The third-order valence-corrected chi connectivity index (χ3v) is 4.95. The summed E-state index contributed by atoms with van der Waals surface area (Å²) in [5.74, 6) is 0.275. The lowest BCUT2D eigenvalue weighted by Gasteiger charge is -2.15. The zero-order chi connectivity index (χ0) is 24.5. The molecule has 0 aliphatic rings. The molecule has 0 saturated carbocycles. The SMILES string of the molecule is COc1ccc(-n2c(=O)c(-c3ccc(=N)n(C=N)c3)cc3cnc(NCC(F)(F)F)nc32)cc1. The number of alkyl halides is 3. The summed E-state index contributed by atoms with van der Waals surface area (Å²) in [4.78, 5) is 21.7. The summed E-state index contributed by atoms with van der Waals surface area (Å²) in [6.45, 7) is -1.33. The van der Waals surface area contributed by atoms with Crippen LogP contribution in [0.25, 0.3) is 27.8 Å². The van der Waals surface area contributed by atoms with Gasteiger partial charge in [0.1, 0.15) is 17.8 Å². The van der Waals surface area contributed by atoms with Gasteiger partial charge >= 0.3 is 6.18 Å². The molecule has 0 amide bonds. The van der Waals surface area contributed by atoms with Gasteiger partial charge in [-0.25, -0.2) is 4.98 Å². The average molecular weight is 469 g/mol. The van der Waals surface area contributed by atoms with Crippen molar-refractivity contribution >= 4 is 23.3 Å². The molecule has 0 aliphatic carbocycles. The fourth-order valence-corrected chi connectivity index (χ4v) is 3.32. The van der Waals surface area contributed by atoms with Crippen LogP contribution in [0.3, 0.4) is 0 Å². The van der Waals surface area contributed by atoms with Gasteiger partial charge in [-0.2, -0.15) is 18.2 Å². The quantitative estimate of drug-likeness (QED) is 0.296. The minimum atomic E-state index is -4.47. The first-order chi connectivity index (χ1) is 16.2. The van der Waals surface area contributed by atoms with Gasteiger partial charge in [-0.05, 0) is 42.5 Å². The third-order valence-electron chi connectivity index (χ3n) is 4.95. The van der Waals surface area contributed by atoms with E-state index in [9.17, 15) is 18.0 Å². The molecular weight excluding hydrogens is 451 g/mol. The number of benzene rings is 1. The van der Waals surface area contributed by atoms with E-state index in [0.717, 1.165) is 6.34 Å². The van der Waals surface area contributed by atoms with Crippen molar-refractivity contribution in [1.82, 2.24) is 19.1 Å². The molecule has 0 unspecified atom stereocenters. The van der Waals surface area contributed by atoms with E-state index in [4.69, 9.17) is 15.6 Å². The van der Waals surface area contributed by atoms with E-state index in [1.54, 1.807) is 30.3 Å². The summed E-state index contributed by atoms with van der Waals surface area (Å²) in [5.41, 5.74) is 0.753. The van der Waals surface area contributed by atoms with Gasteiger partial charge in [0.2, 0.25) is 5.95 Å². The number of fused-ring (bicyclic) bond motifs is 1. The van der Waals surface area contributed by atoms with Crippen LogP contribution in [0.4, 0.5) is 19.1 Å². The predicted octanol–water partition coefficient (Wildman–Crippen LogP) is 3.17. The Morgan fingerprint density at radius 1 is 1.18 bits per heavy atom. The fraction of sp³-hybridized carbons (Fsp3) is 0.136. The molecule has 0 radical (unpaired) electrons. The molecule has 174 valence electrons. The van der Waals surface area contributed by atoms with E-state index in [1.165, 1.54) is 40.8 Å². The number of nitrogens with one attached hydrogen (secondary N) is 3. The highest BCUT2D eigenvalue weighted by atomic mass is 19.4. The zero-order valence-electron chi connectivity index (χ0n) is 17.7. The summed E-state index contributed by atoms with van der Waals surface area (Å²) in [6.07, 6.45) is -0.730. The number of hydrogen-bond donors (Lipinski definition) is 3. The molecular formula is C22H18F3N7O2. The van der Waals surface area contributed by atoms with Gasteiger partial charge in [-0.3, -0.25) is 24.7 Å². The Balaban J connectivity index is 1.97. The summed E-state index contributed by atoms with van der Waals surface area (Å²) >= 11 is 0. The molecule has 3 N–H and O–H groups in total. The Morgan fingerprint density at radius 3 is 2.56 bits per heavy atom. The van der Waals surface area contributed by atoms with E-state index in [2.05, 4.69) is 15.3 Å². The molecule has 0 spiro atoms. The van der Waals surface area contributed by atoms with Crippen LogP contribution in [0.2, 0.25) is 0 Å². The molecule has 9 nitrogen and oxygen atoms in total. The molecule has 0 saturated heterocycles. The maximum atomic E-state index is 13.6. The Hall–Kier alpha value is -4.48. The first-order valence-corrected chi connectivity index (χ1v) is 9.86. The molecule has 0 aliphatic heterocycles. The Bertz CT molecular complexity index is 1490. The van der Waals surface area contributed by atoms with Crippen molar-refractivity contribution < 1.29 is 17.9 Å². The van der Waals surface area contributed by atoms with Crippen LogP contribution in [0.1, 0.15) is 0 Å². The molecule has 0 fully saturated rings. The highest BCUT2D eigenvalue weighted by molar-refractivity contribution is 5.83. The number of pyridine rings is 2. The van der Waals surface area contributed by atoms with Crippen LogP contribution in [0.5, 0.6) is 5.75 Å². The van der Waals surface area contributed by atoms with Crippen molar-refractivity contribution in [2.75, 3.05) is 19.0 Å². The first-order valence-electron chi connectivity index (χ1n) is 9.86. The summed E-state index contributed by atoms with van der Waals surface area (Å²) in [7, 11) is 1.50. The third kappa shape index (κ3) is 4.51. The Kier molecular flexibility index (Phi) is 5.88. The van der Waals surface area contributed by atoms with Crippen LogP contribution in [0.15, 0.2) is 59.7 Å². The second-order valence-corrected chi connectivity index (χ2v) is 7.18. The van der Waals surface area contributed by atoms with Crippen molar-refractivity contribution in [2.45, 2.75) is 6.18 Å². The average Bonchev–Trinajstić information content (AvgIpc) is 2.82. The van der Waals surface area contributed by atoms with Crippen molar-refractivity contribution in [3.63, 3.8) is 0 Å². The monoisotopic (exact) mass is 469 g/mol. The number of hydrogen-bond acceptors (Lipinski definition) is 7.